The van der Waals surface area contributed by atoms with Gasteiger partial charge in [-0.3, -0.25) is 0 Å². The van der Waals surface area contributed by atoms with Crippen molar-refractivity contribution in [1.29, 1.82) is 0 Å². The van der Waals surface area contributed by atoms with E-state index in [4.69, 9.17) is 4.98 Å². The van der Waals surface area contributed by atoms with Gasteiger partial charge in [0.25, 0.3) is 0 Å². The van der Waals surface area contributed by atoms with Crippen LogP contribution in [-0.2, 0) is 0 Å². The first kappa shape index (κ1) is 28.5. The van der Waals surface area contributed by atoms with E-state index < -0.39 is 0 Å². The van der Waals surface area contributed by atoms with Crippen molar-refractivity contribution in [2.24, 2.45) is 0 Å². The van der Waals surface area contributed by atoms with Crippen LogP contribution in [0.2, 0.25) is 0 Å². The molecule has 3 nitrogen and oxygen atoms in total. The summed E-state index contributed by atoms with van der Waals surface area (Å²) in [6.45, 7) is 0. The highest BCUT2D eigenvalue weighted by Gasteiger charge is 2.27. The molecule has 0 atom stereocenters. The summed E-state index contributed by atoms with van der Waals surface area (Å²) < 4.78 is 4.95. The molecule has 0 saturated heterocycles. The lowest BCUT2D eigenvalue weighted by atomic mass is 9.99. The second kappa shape index (κ2) is 11.1. The number of nitrogens with zero attached hydrogens (tertiary/aromatic N) is 3. The third kappa shape index (κ3) is 4.30. The molecule has 0 N–H and O–H groups in total. The predicted octanol–water partition coefficient (Wildman–Crippen LogP) is 12.7. The van der Waals surface area contributed by atoms with Gasteiger partial charge in [-0.2, -0.15) is 0 Å². The van der Waals surface area contributed by atoms with Gasteiger partial charge in [0, 0.05) is 48.2 Å². The quantitative estimate of drug-likeness (QED) is 0.186. The molecule has 4 heterocycles. The van der Waals surface area contributed by atoms with Gasteiger partial charge < -0.3 is 9.13 Å². The maximum Gasteiger partial charge on any atom is 0.0715 e. The topological polar surface area (TPSA) is 22.8 Å². The summed E-state index contributed by atoms with van der Waals surface area (Å²) in [7, 11) is 0. The molecule has 10 aromatic rings. The van der Waals surface area contributed by atoms with E-state index in [9.17, 15) is 0 Å². The molecular formula is C47H29N3S. The van der Waals surface area contributed by atoms with Crippen LogP contribution in [0.15, 0.2) is 186 Å². The van der Waals surface area contributed by atoms with Crippen LogP contribution < -0.4 is 0 Å². The van der Waals surface area contributed by atoms with Crippen molar-refractivity contribution in [3.8, 4) is 45.0 Å². The van der Waals surface area contributed by atoms with Gasteiger partial charge in [0.15, 0.2) is 0 Å². The number of pyridine rings is 1. The van der Waals surface area contributed by atoms with Crippen LogP contribution >= 0.6 is 11.8 Å². The van der Waals surface area contributed by atoms with Gasteiger partial charge in [-0.05, 0) is 65.7 Å². The van der Waals surface area contributed by atoms with Gasteiger partial charge in [0.05, 0.1) is 39.1 Å². The monoisotopic (exact) mass is 667 g/mol. The van der Waals surface area contributed by atoms with Crippen molar-refractivity contribution >= 4 is 55.4 Å². The Labute approximate surface area is 299 Å². The Balaban J connectivity index is 1.18. The van der Waals surface area contributed by atoms with Gasteiger partial charge in [0.1, 0.15) is 0 Å². The van der Waals surface area contributed by atoms with E-state index in [0.29, 0.717) is 0 Å². The highest BCUT2D eigenvalue weighted by molar-refractivity contribution is 7.99. The summed E-state index contributed by atoms with van der Waals surface area (Å²) in [5.41, 5.74) is 13.8. The minimum Gasteiger partial charge on any atom is -0.309 e. The minimum absolute atomic E-state index is 0.962. The molecule has 0 aliphatic carbocycles. The molecule has 0 spiro atoms. The van der Waals surface area contributed by atoms with Gasteiger partial charge in [-0.15, -0.1) is 0 Å². The first-order valence-corrected chi connectivity index (χ1v) is 18.1. The summed E-state index contributed by atoms with van der Waals surface area (Å²) in [5.74, 6) is 0. The maximum atomic E-state index is 5.14. The third-order valence-corrected chi connectivity index (χ3v) is 11.4. The molecular weight excluding hydrogens is 639 g/mol. The standard InChI is InChI=1S/C47H29N3S/c1-3-14-30(15-4-1)37-27-33(28-38(48-37)31-16-5-2-6-17-31)32-18-13-19-34(26-32)49-39-22-9-7-20-35(39)45-42(49)29-44-47-46(45)36-21-8-10-23-40(36)50(47)41-24-11-12-25-43(41)51-44/h1-29H. The fraction of sp³-hybridized carbons (Fsp3) is 0. The molecule has 7 aromatic carbocycles. The molecule has 1 aliphatic heterocycles. The predicted molar refractivity (Wildman–Crippen MR) is 213 cm³/mol. The van der Waals surface area contributed by atoms with Gasteiger partial charge in [0.2, 0.25) is 0 Å². The van der Waals surface area contributed by atoms with Gasteiger partial charge >= 0.3 is 0 Å². The minimum atomic E-state index is 0.962. The molecule has 1 aliphatic rings. The Hall–Kier alpha value is -6.36. The van der Waals surface area contributed by atoms with E-state index >= 15 is 0 Å². The highest BCUT2D eigenvalue weighted by Crippen LogP contribution is 2.51. The average Bonchev–Trinajstić information content (AvgIpc) is 3.72. The van der Waals surface area contributed by atoms with E-state index in [1.165, 1.54) is 59.1 Å². The van der Waals surface area contributed by atoms with E-state index in [1.54, 1.807) is 0 Å². The summed E-state index contributed by atoms with van der Waals surface area (Å²) in [4.78, 5) is 7.70. The van der Waals surface area contributed by atoms with Crippen molar-refractivity contribution in [1.82, 2.24) is 14.1 Å². The Morgan fingerprint density at radius 2 is 0.980 bits per heavy atom. The number of rotatable bonds is 4. The first-order chi connectivity index (χ1) is 25.3. The lowest BCUT2D eigenvalue weighted by molar-refractivity contribution is 1.09. The Kier molecular flexibility index (Phi) is 6.18. The molecule has 4 heteroatoms. The Morgan fingerprint density at radius 3 is 1.71 bits per heavy atom. The molecule has 51 heavy (non-hydrogen) atoms. The summed E-state index contributed by atoms with van der Waals surface area (Å²) in [6, 6.07) is 63.4. The van der Waals surface area contributed by atoms with Crippen molar-refractivity contribution in [2.45, 2.75) is 9.79 Å². The summed E-state index contributed by atoms with van der Waals surface area (Å²) in [5, 5.41) is 5.16. The molecule has 3 aromatic heterocycles. The number of hydrogen-bond donors (Lipinski definition) is 0. The third-order valence-electron chi connectivity index (χ3n) is 10.3. The first-order valence-electron chi connectivity index (χ1n) is 17.3. The smallest absolute Gasteiger partial charge is 0.0715 e. The highest BCUT2D eigenvalue weighted by atomic mass is 32.2. The number of hydrogen-bond acceptors (Lipinski definition) is 2. The van der Waals surface area contributed by atoms with Gasteiger partial charge in [-0.1, -0.05) is 133 Å². The molecule has 0 radical (unpaired) electrons. The Morgan fingerprint density at radius 1 is 0.392 bits per heavy atom. The molecule has 0 amide bonds. The van der Waals surface area contributed by atoms with Crippen molar-refractivity contribution in [3.05, 3.63) is 176 Å². The van der Waals surface area contributed by atoms with Crippen molar-refractivity contribution in [3.63, 3.8) is 0 Å². The second-order valence-corrected chi connectivity index (χ2v) is 14.3. The lowest BCUT2D eigenvalue weighted by Crippen LogP contribution is -2.01. The molecule has 0 saturated carbocycles. The Bertz CT molecular complexity index is 2930. The van der Waals surface area contributed by atoms with Crippen LogP contribution in [0.4, 0.5) is 0 Å². The van der Waals surface area contributed by atoms with E-state index in [1.807, 2.05) is 11.8 Å². The summed E-state index contributed by atoms with van der Waals surface area (Å²) in [6.07, 6.45) is 0. The van der Waals surface area contributed by atoms with Gasteiger partial charge in [-0.25, -0.2) is 4.98 Å². The number of para-hydroxylation sites is 3. The number of benzene rings is 7. The number of aromatic nitrogens is 3. The molecule has 0 unspecified atom stereocenters. The van der Waals surface area contributed by atoms with Crippen LogP contribution in [0.1, 0.15) is 0 Å². The van der Waals surface area contributed by atoms with Crippen molar-refractivity contribution in [2.75, 3.05) is 0 Å². The molecule has 11 rings (SSSR count). The van der Waals surface area contributed by atoms with Crippen LogP contribution in [0.3, 0.4) is 0 Å². The van der Waals surface area contributed by atoms with E-state index in [-0.39, 0.29) is 0 Å². The lowest BCUT2D eigenvalue weighted by Gasteiger charge is -2.20. The second-order valence-electron chi connectivity index (χ2n) is 13.2. The van der Waals surface area contributed by atoms with Crippen LogP contribution in [-0.4, -0.2) is 14.1 Å². The van der Waals surface area contributed by atoms with E-state index in [2.05, 4.69) is 185 Å². The largest absolute Gasteiger partial charge is 0.309 e. The zero-order valence-corrected chi connectivity index (χ0v) is 28.3. The average molecular weight is 668 g/mol. The molecule has 0 fully saturated rings. The maximum absolute atomic E-state index is 5.14. The SMILES string of the molecule is c1ccc(-c2cc(-c3cccc(-n4c5ccccc5c5c6c7ccccc7n7c6c(cc54)Sc4ccccc4-7)c3)cc(-c3ccccc3)n2)cc1. The van der Waals surface area contributed by atoms with Crippen LogP contribution in [0.5, 0.6) is 0 Å². The van der Waals surface area contributed by atoms with E-state index in [0.717, 1.165) is 39.3 Å². The van der Waals surface area contributed by atoms with Crippen LogP contribution in [0, 0.1) is 0 Å². The zero-order valence-electron chi connectivity index (χ0n) is 27.5. The fourth-order valence-electron chi connectivity index (χ4n) is 8.07. The summed E-state index contributed by atoms with van der Waals surface area (Å²) >= 11 is 1.88. The van der Waals surface area contributed by atoms with Crippen molar-refractivity contribution < 1.29 is 0 Å². The fourth-order valence-corrected chi connectivity index (χ4v) is 9.17. The number of fused-ring (bicyclic) bond motifs is 9. The molecule has 238 valence electrons. The zero-order chi connectivity index (χ0) is 33.5. The normalized spacial score (nSPS) is 12.2. The van der Waals surface area contributed by atoms with Crippen LogP contribution in [0.25, 0.3) is 88.6 Å². The molecule has 0 bridgehead atoms.